The van der Waals surface area contributed by atoms with Gasteiger partial charge in [0.25, 0.3) is 0 Å². The van der Waals surface area contributed by atoms with Crippen molar-refractivity contribution in [3.05, 3.63) is 48.6 Å². The Balaban J connectivity index is 2.14. The Morgan fingerprint density at radius 3 is 2.55 bits per heavy atom. The minimum Gasteiger partial charge on any atom is -0.103 e. The van der Waals surface area contributed by atoms with Gasteiger partial charge in [0, 0.05) is 0 Å². The Labute approximate surface area is 67.6 Å². The van der Waals surface area contributed by atoms with Crippen molar-refractivity contribution in [2.45, 2.75) is 12.3 Å². The van der Waals surface area contributed by atoms with Crippen LogP contribution in [-0.2, 0) is 0 Å². The van der Waals surface area contributed by atoms with Crippen molar-refractivity contribution in [1.29, 1.82) is 0 Å². The molecule has 56 valence electrons. The Hall–Kier alpha value is -1.04. The molecule has 0 bridgehead atoms. The molecule has 0 heteroatoms. The van der Waals surface area contributed by atoms with Crippen molar-refractivity contribution in [1.82, 2.24) is 0 Å². The summed E-state index contributed by atoms with van der Waals surface area (Å²) in [5.41, 5.74) is 1.47. The monoisotopic (exact) mass is 144 g/mol. The van der Waals surface area contributed by atoms with E-state index >= 15 is 0 Å². The molecule has 0 aromatic heterocycles. The predicted octanol–water partition coefficient (Wildman–Crippen LogP) is 2.98. The molecule has 1 aromatic rings. The van der Waals surface area contributed by atoms with Crippen molar-refractivity contribution in [2.24, 2.45) is 5.92 Å². The van der Waals surface area contributed by atoms with Crippen LogP contribution in [0.4, 0.5) is 0 Å². The van der Waals surface area contributed by atoms with E-state index in [4.69, 9.17) is 0 Å². The fraction of sp³-hybridized carbons (Fsp3) is 0.273. The van der Waals surface area contributed by atoms with Crippen molar-refractivity contribution < 1.29 is 0 Å². The van der Waals surface area contributed by atoms with Crippen LogP contribution in [0.25, 0.3) is 0 Å². The van der Waals surface area contributed by atoms with Crippen LogP contribution in [0.5, 0.6) is 0 Å². The van der Waals surface area contributed by atoms with Crippen LogP contribution in [0.15, 0.2) is 43.0 Å². The first kappa shape index (κ1) is 6.66. The van der Waals surface area contributed by atoms with Crippen LogP contribution in [0.2, 0.25) is 0 Å². The largest absolute Gasteiger partial charge is 0.103 e. The third-order valence-electron chi connectivity index (χ3n) is 2.37. The first-order valence-corrected chi connectivity index (χ1v) is 4.09. The summed E-state index contributed by atoms with van der Waals surface area (Å²) in [5, 5.41) is 0. The molecular weight excluding hydrogens is 132 g/mol. The molecule has 0 unspecified atom stereocenters. The van der Waals surface area contributed by atoms with Crippen LogP contribution in [0.3, 0.4) is 0 Å². The Kier molecular flexibility index (Phi) is 1.54. The summed E-state index contributed by atoms with van der Waals surface area (Å²) < 4.78 is 0. The maximum Gasteiger partial charge on any atom is -0.00931 e. The summed E-state index contributed by atoms with van der Waals surface area (Å²) >= 11 is 0. The van der Waals surface area contributed by atoms with Crippen molar-refractivity contribution in [3.63, 3.8) is 0 Å². The summed E-state index contributed by atoms with van der Waals surface area (Å²) in [6.07, 6.45) is 3.37. The molecule has 1 aliphatic carbocycles. The van der Waals surface area contributed by atoms with Gasteiger partial charge in [0.2, 0.25) is 0 Å². The van der Waals surface area contributed by atoms with Gasteiger partial charge in [-0.15, -0.1) is 6.58 Å². The van der Waals surface area contributed by atoms with Crippen LogP contribution in [0, 0.1) is 5.92 Å². The Morgan fingerprint density at radius 2 is 2.00 bits per heavy atom. The molecule has 0 heterocycles. The van der Waals surface area contributed by atoms with Crippen molar-refractivity contribution in [3.8, 4) is 0 Å². The average molecular weight is 144 g/mol. The highest BCUT2D eigenvalue weighted by atomic mass is 14.4. The van der Waals surface area contributed by atoms with Crippen molar-refractivity contribution in [2.75, 3.05) is 0 Å². The highest BCUT2D eigenvalue weighted by Gasteiger charge is 2.35. The van der Waals surface area contributed by atoms with Gasteiger partial charge in [-0.3, -0.25) is 0 Å². The second-order valence-corrected chi connectivity index (χ2v) is 3.15. The van der Waals surface area contributed by atoms with E-state index in [2.05, 4.69) is 43.0 Å². The number of hydrogen-bond acceptors (Lipinski definition) is 0. The van der Waals surface area contributed by atoms with E-state index in [1.165, 1.54) is 12.0 Å². The van der Waals surface area contributed by atoms with E-state index in [-0.39, 0.29) is 0 Å². The van der Waals surface area contributed by atoms with Gasteiger partial charge in [-0.05, 0) is 23.8 Å². The first-order valence-electron chi connectivity index (χ1n) is 4.09. The second kappa shape index (κ2) is 2.54. The van der Waals surface area contributed by atoms with Gasteiger partial charge < -0.3 is 0 Å². The number of allylic oxidation sites excluding steroid dienone is 1. The van der Waals surface area contributed by atoms with E-state index < -0.39 is 0 Å². The van der Waals surface area contributed by atoms with E-state index in [1.807, 2.05) is 0 Å². The third-order valence-corrected chi connectivity index (χ3v) is 2.37. The average Bonchev–Trinajstić information content (AvgIpc) is 2.85. The summed E-state index contributed by atoms with van der Waals surface area (Å²) in [6, 6.07) is 10.7. The zero-order valence-corrected chi connectivity index (χ0v) is 6.53. The van der Waals surface area contributed by atoms with Crippen LogP contribution in [0.1, 0.15) is 17.9 Å². The maximum atomic E-state index is 3.80. The van der Waals surface area contributed by atoms with E-state index in [0.717, 1.165) is 11.8 Å². The molecular formula is C11H12. The molecule has 1 fully saturated rings. The lowest BCUT2D eigenvalue weighted by Gasteiger charge is -1.95. The molecule has 11 heavy (non-hydrogen) atoms. The maximum absolute atomic E-state index is 3.80. The van der Waals surface area contributed by atoms with Gasteiger partial charge >= 0.3 is 0 Å². The minimum atomic E-state index is 0.748. The number of benzene rings is 1. The van der Waals surface area contributed by atoms with E-state index in [9.17, 15) is 0 Å². The molecule has 2 rings (SSSR count). The zero-order chi connectivity index (χ0) is 7.68. The minimum absolute atomic E-state index is 0.748. The lowest BCUT2D eigenvalue weighted by atomic mass is 10.1. The summed E-state index contributed by atoms with van der Waals surface area (Å²) in [4.78, 5) is 0. The normalized spacial score (nSPS) is 28.0. The molecule has 0 N–H and O–H groups in total. The smallest absolute Gasteiger partial charge is 0.00931 e. The van der Waals surface area contributed by atoms with Crippen LogP contribution >= 0.6 is 0 Å². The van der Waals surface area contributed by atoms with Gasteiger partial charge in [0.1, 0.15) is 0 Å². The highest BCUT2D eigenvalue weighted by Crippen LogP contribution is 2.47. The molecule has 0 aliphatic heterocycles. The quantitative estimate of drug-likeness (QED) is 0.560. The molecule has 1 saturated carbocycles. The first-order chi connectivity index (χ1) is 5.42. The summed E-state index contributed by atoms with van der Waals surface area (Å²) in [5.74, 6) is 1.52. The molecule has 1 aromatic carbocycles. The van der Waals surface area contributed by atoms with Crippen molar-refractivity contribution >= 4 is 0 Å². The molecule has 0 amide bonds. The fourth-order valence-electron chi connectivity index (χ4n) is 1.56. The lowest BCUT2D eigenvalue weighted by Crippen LogP contribution is -1.78. The fourth-order valence-corrected chi connectivity index (χ4v) is 1.56. The Morgan fingerprint density at radius 1 is 1.27 bits per heavy atom. The number of rotatable bonds is 2. The Bertz CT molecular complexity index is 248. The molecule has 2 atom stereocenters. The summed E-state index contributed by atoms with van der Waals surface area (Å²) in [7, 11) is 0. The molecule has 0 spiro atoms. The molecule has 0 nitrogen and oxygen atoms in total. The SMILES string of the molecule is C=C[C@@H]1C[C@@H]1c1ccccc1. The zero-order valence-electron chi connectivity index (χ0n) is 6.53. The van der Waals surface area contributed by atoms with Crippen LogP contribution < -0.4 is 0 Å². The molecule has 0 radical (unpaired) electrons. The van der Waals surface area contributed by atoms with Gasteiger partial charge in [-0.1, -0.05) is 36.4 Å². The summed E-state index contributed by atoms with van der Waals surface area (Å²) in [6.45, 7) is 3.80. The topological polar surface area (TPSA) is 0 Å². The molecule has 0 saturated heterocycles. The van der Waals surface area contributed by atoms with Gasteiger partial charge in [-0.2, -0.15) is 0 Å². The standard InChI is InChI=1S/C11H12/c1-2-9-8-11(9)10-6-4-3-5-7-10/h2-7,9,11H,1,8H2/t9-,11+/m1/s1. The van der Waals surface area contributed by atoms with Gasteiger partial charge in [0.15, 0.2) is 0 Å². The van der Waals surface area contributed by atoms with E-state index in [0.29, 0.717) is 0 Å². The molecule has 1 aliphatic rings. The second-order valence-electron chi connectivity index (χ2n) is 3.15. The number of hydrogen-bond donors (Lipinski definition) is 0. The van der Waals surface area contributed by atoms with Gasteiger partial charge in [0.05, 0.1) is 0 Å². The highest BCUT2D eigenvalue weighted by molar-refractivity contribution is 5.27. The van der Waals surface area contributed by atoms with Crippen LogP contribution in [-0.4, -0.2) is 0 Å². The lowest BCUT2D eigenvalue weighted by molar-refractivity contribution is 1.01. The third kappa shape index (κ3) is 1.21. The van der Waals surface area contributed by atoms with E-state index in [1.54, 1.807) is 0 Å². The van der Waals surface area contributed by atoms with Gasteiger partial charge in [-0.25, -0.2) is 0 Å². The predicted molar refractivity (Wildman–Crippen MR) is 47.5 cm³/mol.